The lowest BCUT2D eigenvalue weighted by atomic mass is 10.2. The molecule has 24 heavy (non-hydrogen) atoms. The maximum atomic E-state index is 12.9. The van der Waals surface area contributed by atoms with Gasteiger partial charge in [0.25, 0.3) is 0 Å². The van der Waals surface area contributed by atoms with Gasteiger partial charge in [0.15, 0.2) is 0 Å². The minimum atomic E-state index is -0.703. The Hall–Kier alpha value is -2.51. The molecule has 1 aromatic carbocycles. The lowest BCUT2D eigenvalue weighted by molar-refractivity contribution is -0.120. The lowest BCUT2D eigenvalue weighted by Crippen LogP contribution is -2.29. The number of rotatable bonds is 6. The Bertz CT molecular complexity index is 800. The summed E-state index contributed by atoms with van der Waals surface area (Å²) in [7, 11) is 0. The molecule has 2 aromatic heterocycles. The van der Waals surface area contributed by atoms with Crippen molar-refractivity contribution in [2.75, 3.05) is 6.54 Å². The van der Waals surface area contributed by atoms with Gasteiger partial charge in [0, 0.05) is 17.6 Å². The topological polar surface area (TPSA) is 67.2 Å². The van der Waals surface area contributed by atoms with Crippen molar-refractivity contribution in [2.45, 2.75) is 12.5 Å². The lowest BCUT2D eigenvalue weighted by Gasteiger charge is -2.09. The fraction of sp³-hybridized carbons (Fsp3) is 0.176. The molecule has 1 unspecified atom stereocenters. The third-order valence-corrected chi connectivity index (χ3v) is 4.41. The third-order valence-electron chi connectivity index (χ3n) is 3.44. The molecule has 1 amide bonds. The van der Waals surface area contributed by atoms with Gasteiger partial charge < -0.3 is 10.4 Å². The van der Waals surface area contributed by atoms with Crippen molar-refractivity contribution in [3.8, 4) is 5.69 Å². The summed E-state index contributed by atoms with van der Waals surface area (Å²) in [5.41, 5.74) is 1.32. The first-order chi connectivity index (χ1) is 11.6. The first-order valence-corrected chi connectivity index (χ1v) is 8.28. The molecule has 3 aromatic rings. The molecule has 0 saturated heterocycles. The molecule has 0 fully saturated rings. The van der Waals surface area contributed by atoms with E-state index in [1.54, 1.807) is 29.1 Å². The fourth-order valence-corrected chi connectivity index (χ4v) is 2.92. The number of halogens is 1. The minimum Gasteiger partial charge on any atom is -0.386 e. The van der Waals surface area contributed by atoms with Gasteiger partial charge in [-0.3, -0.25) is 4.79 Å². The minimum absolute atomic E-state index is 0.116. The van der Waals surface area contributed by atoms with Gasteiger partial charge in [0.1, 0.15) is 11.9 Å². The van der Waals surface area contributed by atoms with Crippen molar-refractivity contribution < 1.29 is 14.3 Å². The molecule has 7 heteroatoms. The maximum Gasteiger partial charge on any atom is 0.226 e. The largest absolute Gasteiger partial charge is 0.386 e. The number of hydrogen-bond acceptors (Lipinski definition) is 4. The van der Waals surface area contributed by atoms with Crippen LogP contribution in [0.5, 0.6) is 0 Å². The summed E-state index contributed by atoms with van der Waals surface area (Å²) in [6, 6.07) is 11.4. The van der Waals surface area contributed by atoms with Crippen molar-refractivity contribution in [1.82, 2.24) is 15.1 Å². The SMILES string of the molecule is O=C(Cc1ccn(-c2ccc(F)cc2)n1)NCC(O)c1cccs1. The third kappa shape index (κ3) is 4.06. The van der Waals surface area contributed by atoms with Gasteiger partial charge >= 0.3 is 0 Å². The van der Waals surface area contributed by atoms with Crippen LogP contribution in [-0.2, 0) is 11.2 Å². The average molecular weight is 345 g/mol. The number of thiophene rings is 1. The molecule has 3 rings (SSSR count). The highest BCUT2D eigenvalue weighted by molar-refractivity contribution is 7.10. The Balaban J connectivity index is 1.54. The highest BCUT2D eigenvalue weighted by atomic mass is 32.1. The number of nitrogens with zero attached hydrogens (tertiary/aromatic N) is 2. The van der Waals surface area contributed by atoms with E-state index in [1.807, 2.05) is 17.5 Å². The molecule has 0 bridgehead atoms. The van der Waals surface area contributed by atoms with Crippen molar-refractivity contribution in [1.29, 1.82) is 0 Å². The second-order valence-corrected chi connectivity index (χ2v) is 6.22. The molecular formula is C17H16FN3O2S. The van der Waals surface area contributed by atoms with Crippen LogP contribution < -0.4 is 5.32 Å². The number of amides is 1. The summed E-state index contributed by atoms with van der Waals surface area (Å²) in [6.07, 6.45) is 1.13. The van der Waals surface area contributed by atoms with Crippen LogP contribution >= 0.6 is 11.3 Å². The summed E-state index contributed by atoms with van der Waals surface area (Å²) < 4.78 is 14.5. The standard InChI is InChI=1S/C17H16FN3O2S/c18-12-3-5-14(6-4-12)21-8-7-13(20-21)10-17(23)19-11-15(22)16-2-1-9-24-16/h1-9,15,22H,10-11H2,(H,19,23). The molecule has 0 saturated carbocycles. The van der Waals surface area contributed by atoms with E-state index in [-0.39, 0.29) is 24.7 Å². The molecule has 2 N–H and O–H groups in total. The zero-order valence-corrected chi connectivity index (χ0v) is 13.5. The van der Waals surface area contributed by atoms with Gasteiger partial charge in [-0.15, -0.1) is 11.3 Å². The second kappa shape index (κ2) is 7.37. The van der Waals surface area contributed by atoms with E-state index < -0.39 is 6.10 Å². The predicted octanol–water partition coefficient (Wildman–Crippen LogP) is 2.47. The highest BCUT2D eigenvalue weighted by Gasteiger charge is 2.12. The van der Waals surface area contributed by atoms with E-state index in [4.69, 9.17) is 0 Å². The van der Waals surface area contributed by atoms with Gasteiger partial charge in [-0.1, -0.05) is 6.07 Å². The molecule has 124 valence electrons. The number of hydrogen-bond donors (Lipinski definition) is 2. The maximum absolute atomic E-state index is 12.9. The van der Waals surface area contributed by atoms with E-state index in [0.29, 0.717) is 5.69 Å². The Morgan fingerprint density at radius 3 is 2.79 bits per heavy atom. The molecule has 5 nitrogen and oxygen atoms in total. The summed E-state index contributed by atoms with van der Waals surface area (Å²) in [6.45, 7) is 0.165. The van der Waals surface area contributed by atoms with Crippen molar-refractivity contribution >= 4 is 17.2 Å². The average Bonchev–Trinajstić information content (AvgIpc) is 3.25. The Labute approximate surface area is 142 Å². The Morgan fingerprint density at radius 2 is 2.08 bits per heavy atom. The van der Waals surface area contributed by atoms with Gasteiger partial charge in [-0.25, -0.2) is 9.07 Å². The first-order valence-electron chi connectivity index (χ1n) is 7.40. The molecule has 0 aliphatic rings. The zero-order valence-electron chi connectivity index (χ0n) is 12.7. The van der Waals surface area contributed by atoms with Crippen molar-refractivity contribution in [3.63, 3.8) is 0 Å². The van der Waals surface area contributed by atoms with E-state index in [0.717, 1.165) is 10.6 Å². The zero-order chi connectivity index (χ0) is 16.9. The summed E-state index contributed by atoms with van der Waals surface area (Å²) in [5.74, 6) is -0.523. The molecule has 2 heterocycles. The van der Waals surface area contributed by atoms with Crippen LogP contribution in [0.25, 0.3) is 5.69 Å². The number of carbonyl (C=O) groups is 1. The second-order valence-electron chi connectivity index (χ2n) is 5.24. The van der Waals surface area contributed by atoms with Crippen molar-refractivity contribution in [3.05, 3.63) is 70.4 Å². The normalized spacial score (nSPS) is 12.1. The van der Waals surface area contributed by atoms with Crippen LogP contribution in [0.3, 0.4) is 0 Å². The van der Waals surface area contributed by atoms with Crippen LogP contribution in [0.4, 0.5) is 4.39 Å². The summed E-state index contributed by atoms with van der Waals surface area (Å²) >= 11 is 1.44. The Morgan fingerprint density at radius 1 is 1.29 bits per heavy atom. The first kappa shape index (κ1) is 16.4. The molecular weight excluding hydrogens is 329 g/mol. The summed E-state index contributed by atoms with van der Waals surface area (Å²) in [5, 5.41) is 18.8. The number of nitrogens with one attached hydrogen (secondary N) is 1. The van der Waals surface area contributed by atoms with E-state index in [1.165, 1.54) is 23.5 Å². The molecule has 0 aliphatic carbocycles. The molecule has 0 radical (unpaired) electrons. The van der Waals surface area contributed by atoms with Gasteiger partial charge in [-0.2, -0.15) is 5.10 Å². The molecule has 0 aliphatic heterocycles. The quantitative estimate of drug-likeness (QED) is 0.721. The van der Waals surface area contributed by atoms with E-state index >= 15 is 0 Å². The monoisotopic (exact) mass is 345 g/mol. The number of benzene rings is 1. The smallest absolute Gasteiger partial charge is 0.226 e. The number of aliphatic hydroxyl groups is 1. The predicted molar refractivity (Wildman–Crippen MR) is 89.5 cm³/mol. The van der Waals surface area contributed by atoms with Crippen molar-refractivity contribution in [2.24, 2.45) is 0 Å². The van der Waals surface area contributed by atoms with Crippen LogP contribution in [0.2, 0.25) is 0 Å². The fourth-order valence-electron chi connectivity index (χ4n) is 2.21. The number of aromatic nitrogens is 2. The van der Waals surface area contributed by atoms with E-state index in [9.17, 15) is 14.3 Å². The molecule has 0 spiro atoms. The van der Waals surface area contributed by atoms with Gasteiger partial charge in [0.2, 0.25) is 5.91 Å². The van der Waals surface area contributed by atoms with Crippen LogP contribution in [0.15, 0.2) is 54.0 Å². The van der Waals surface area contributed by atoms with Crippen LogP contribution in [0, 0.1) is 5.82 Å². The molecule has 1 atom stereocenters. The highest BCUT2D eigenvalue weighted by Crippen LogP contribution is 2.17. The van der Waals surface area contributed by atoms with Crippen LogP contribution in [0.1, 0.15) is 16.7 Å². The van der Waals surface area contributed by atoms with Crippen LogP contribution in [-0.4, -0.2) is 27.3 Å². The van der Waals surface area contributed by atoms with Gasteiger partial charge in [0.05, 0.1) is 17.8 Å². The van der Waals surface area contributed by atoms with Gasteiger partial charge in [-0.05, 0) is 41.8 Å². The van der Waals surface area contributed by atoms with E-state index in [2.05, 4.69) is 10.4 Å². The Kier molecular flexibility index (Phi) is 5.02. The summed E-state index contributed by atoms with van der Waals surface area (Å²) in [4.78, 5) is 12.8. The number of carbonyl (C=O) groups excluding carboxylic acids is 1. The number of aliphatic hydroxyl groups excluding tert-OH is 1.